The summed E-state index contributed by atoms with van der Waals surface area (Å²) in [5.41, 5.74) is 2.96. The van der Waals surface area contributed by atoms with E-state index in [1.165, 1.54) is 64.2 Å². The molecule has 5 saturated carbocycles. The van der Waals surface area contributed by atoms with Crippen LogP contribution in [0.15, 0.2) is 24.3 Å². The third kappa shape index (κ3) is 3.77. The average Bonchev–Trinajstić information content (AvgIpc) is 2.67. The lowest BCUT2D eigenvalue weighted by molar-refractivity contribution is -0.0904. The predicted molar refractivity (Wildman–Crippen MR) is 128 cm³/mol. The molecule has 5 aliphatic rings. The molecule has 2 heteroatoms. The zero-order valence-electron chi connectivity index (χ0n) is 19.6. The highest BCUT2D eigenvalue weighted by molar-refractivity contribution is 6.30. The number of hydrogen-bond acceptors (Lipinski definition) is 1. The molecule has 6 rings (SSSR count). The summed E-state index contributed by atoms with van der Waals surface area (Å²) < 4.78 is 0. The molecule has 1 aromatic carbocycles. The highest BCUT2D eigenvalue weighted by Gasteiger charge is 2.59. The third-order valence-electron chi connectivity index (χ3n) is 9.92. The van der Waals surface area contributed by atoms with Gasteiger partial charge in [0.25, 0.3) is 0 Å². The lowest BCUT2D eigenvalue weighted by atomic mass is 9.41. The Morgan fingerprint density at radius 2 is 1.53 bits per heavy atom. The molecule has 166 valence electrons. The number of halogens is 1. The predicted octanol–water partition coefficient (Wildman–Crippen LogP) is 7.76. The molecular formula is C28H42ClN. The van der Waals surface area contributed by atoms with Gasteiger partial charge in [0.15, 0.2) is 0 Å². The van der Waals surface area contributed by atoms with Gasteiger partial charge in [-0.2, -0.15) is 0 Å². The topological polar surface area (TPSA) is 12.0 Å². The van der Waals surface area contributed by atoms with Crippen molar-refractivity contribution >= 4 is 11.6 Å². The Kier molecular flexibility index (Phi) is 5.34. The van der Waals surface area contributed by atoms with Crippen molar-refractivity contribution in [2.24, 2.45) is 28.6 Å². The second kappa shape index (κ2) is 7.51. The summed E-state index contributed by atoms with van der Waals surface area (Å²) in [7, 11) is 0. The standard InChI is InChI=1S/C28H42ClN/c1-19(30-25-11-7-22(8-12-25)26(2,3)4)27-14-20-13-21(15-27)17-28(16-20,18-27)23-5-9-24(29)10-6-23/h5-6,9-10,19-22,25,30H,7-8,11-18H2,1-4H3. The van der Waals surface area contributed by atoms with E-state index in [0.717, 1.165) is 28.8 Å². The van der Waals surface area contributed by atoms with Crippen LogP contribution in [0.5, 0.6) is 0 Å². The zero-order chi connectivity index (χ0) is 21.1. The van der Waals surface area contributed by atoms with Gasteiger partial charge < -0.3 is 5.32 Å². The van der Waals surface area contributed by atoms with E-state index in [1.54, 1.807) is 5.56 Å². The van der Waals surface area contributed by atoms with Gasteiger partial charge in [-0.15, -0.1) is 0 Å². The normalized spacial score (nSPS) is 41.8. The third-order valence-corrected chi connectivity index (χ3v) is 10.2. The van der Waals surface area contributed by atoms with Crippen LogP contribution >= 0.6 is 11.6 Å². The summed E-state index contributed by atoms with van der Waals surface area (Å²) in [5.74, 6) is 2.77. The van der Waals surface area contributed by atoms with Gasteiger partial charge in [0.2, 0.25) is 0 Å². The van der Waals surface area contributed by atoms with Crippen molar-refractivity contribution in [1.82, 2.24) is 5.32 Å². The van der Waals surface area contributed by atoms with Crippen molar-refractivity contribution in [3.05, 3.63) is 34.9 Å². The molecule has 30 heavy (non-hydrogen) atoms. The summed E-state index contributed by atoms with van der Waals surface area (Å²) in [5, 5.41) is 5.08. The van der Waals surface area contributed by atoms with Gasteiger partial charge in [-0.3, -0.25) is 0 Å². The van der Waals surface area contributed by atoms with Gasteiger partial charge in [0, 0.05) is 17.1 Å². The van der Waals surface area contributed by atoms with Crippen LogP contribution in [0.2, 0.25) is 5.02 Å². The first-order valence-corrected chi connectivity index (χ1v) is 13.1. The van der Waals surface area contributed by atoms with Gasteiger partial charge in [-0.25, -0.2) is 0 Å². The molecule has 0 radical (unpaired) electrons. The van der Waals surface area contributed by atoms with Crippen LogP contribution in [-0.2, 0) is 5.41 Å². The van der Waals surface area contributed by atoms with E-state index in [9.17, 15) is 0 Å². The van der Waals surface area contributed by atoms with Gasteiger partial charge in [-0.1, -0.05) is 44.5 Å². The molecule has 0 heterocycles. The fourth-order valence-electron chi connectivity index (χ4n) is 8.64. The SMILES string of the molecule is CC(NC1CCC(C(C)(C)C)CC1)C12CC3CC(CC(c4ccc(Cl)cc4)(C3)C1)C2. The monoisotopic (exact) mass is 427 g/mol. The van der Waals surface area contributed by atoms with Crippen molar-refractivity contribution < 1.29 is 0 Å². The van der Waals surface area contributed by atoms with Crippen molar-refractivity contribution in [2.45, 2.75) is 109 Å². The summed E-state index contributed by atoms with van der Waals surface area (Å²) in [6.07, 6.45) is 14.2. The van der Waals surface area contributed by atoms with E-state index in [4.69, 9.17) is 11.6 Å². The van der Waals surface area contributed by atoms with Gasteiger partial charge in [-0.05, 0) is 123 Å². The molecule has 1 nitrogen and oxygen atoms in total. The van der Waals surface area contributed by atoms with Crippen LogP contribution in [0.1, 0.15) is 97.5 Å². The molecule has 4 bridgehead atoms. The van der Waals surface area contributed by atoms with Gasteiger partial charge in [0.05, 0.1) is 0 Å². The second-order valence-corrected chi connectivity index (χ2v) is 13.3. The van der Waals surface area contributed by atoms with Crippen LogP contribution in [0, 0.1) is 28.6 Å². The second-order valence-electron chi connectivity index (χ2n) is 12.9. The Bertz CT molecular complexity index is 738. The maximum absolute atomic E-state index is 6.23. The van der Waals surface area contributed by atoms with E-state index < -0.39 is 0 Å². The summed E-state index contributed by atoms with van der Waals surface area (Å²) >= 11 is 6.23. The average molecular weight is 428 g/mol. The molecule has 5 aliphatic carbocycles. The Morgan fingerprint density at radius 3 is 2.10 bits per heavy atom. The molecule has 3 unspecified atom stereocenters. The maximum atomic E-state index is 6.23. The molecule has 0 aromatic heterocycles. The van der Waals surface area contributed by atoms with Crippen molar-refractivity contribution in [2.75, 3.05) is 0 Å². The van der Waals surface area contributed by atoms with Crippen molar-refractivity contribution in [1.29, 1.82) is 0 Å². The van der Waals surface area contributed by atoms with Crippen LogP contribution in [0.25, 0.3) is 0 Å². The Morgan fingerprint density at radius 1 is 0.933 bits per heavy atom. The molecule has 5 fully saturated rings. The fourth-order valence-corrected chi connectivity index (χ4v) is 8.76. The van der Waals surface area contributed by atoms with E-state index in [-0.39, 0.29) is 0 Å². The minimum absolute atomic E-state index is 0.411. The van der Waals surface area contributed by atoms with E-state index in [0.29, 0.717) is 22.3 Å². The lowest BCUT2D eigenvalue weighted by Gasteiger charge is -2.64. The molecule has 0 saturated heterocycles. The van der Waals surface area contributed by atoms with Crippen LogP contribution in [0.4, 0.5) is 0 Å². The number of nitrogens with one attached hydrogen (secondary N) is 1. The van der Waals surface area contributed by atoms with Gasteiger partial charge >= 0.3 is 0 Å². The molecule has 3 atom stereocenters. The number of rotatable bonds is 4. The minimum atomic E-state index is 0.411. The summed E-state index contributed by atoms with van der Waals surface area (Å²) in [6, 6.07) is 10.3. The first kappa shape index (κ1) is 21.3. The Labute approximate surface area is 189 Å². The molecule has 1 N–H and O–H groups in total. The van der Waals surface area contributed by atoms with Crippen LogP contribution < -0.4 is 5.32 Å². The molecular weight excluding hydrogens is 386 g/mol. The van der Waals surface area contributed by atoms with Crippen LogP contribution in [0.3, 0.4) is 0 Å². The van der Waals surface area contributed by atoms with Crippen LogP contribution in [-0.4, -0.2) is 12.1 Å². The highest BCUT2D eigenvalue weighted by Crippen LogP contribution is 2.66. The highest BCUT2D eigenvalue weighted by atomic mass is 35.5. The first-order chi connectivity index (χ1) is 14.2. The quantitative estimate of drug-likeness (QED) is 0.517. The molecule has 0 aliphatic heterocycles. The fraction of sp³-hybridized carbons (Fsp3) is 0.786. The summed E-state index contributed by atoms with van der Waals surface area (Å²) in [6.45, 7) is 9.83. The maximum Gasteiger partial charge on any atom is 0.0406 e. The van der Waals surface area contributed by atoms with E-state index in [1.807, 2.05) is 0 Å². The summed E-state index contributed by atoms with van der Waals surface area (Å²) in [4.78, 5) is 0. The number of hydrogen-bond donors (Lipinski definition) is 1. The molecule has 1 aromatic rings. The minimum Gasteiger partial charge on any atom is -0.311 e. The van der Waals surface area contributed by atoms with E-state index in [2.05, 4.69) is 57.3 Å². The zero-order valence-corrected chi connectivity index (χ0v) is 20.4. The van der Waals surface area contributed by atoms with Gasteiger partial charge in [0.1, 0.15) is 0 Å². The van der Waals surface area contributed by atoms with E-state index >= 15 is 0 Å². The Balaban J connectivity index is 1.31. The van der Waals surface area contributed by atoms with Crippen molar-refractivity contribution in [3.8, 4) is 0 Å². The lowest BCUT2D eigenvalue weighted by Crippen LogP contribution is -2.61. The largest absolute Gasteiger partial charge is 0.311 e. The Hall–Kier alpha value is -0.530. The number of benzene rings is 1. The van der Waals surface area contributed by atoms with Crippen molar-refractivity contribution in [3.63, 3.8) is 0 Å². The smallest absolute Gasteiger partial charge is 0.0406 e. The molecule has 0 spiro atoms. The first-order valence-electron chi connectivity index (χ1n) is 12.7. The molecule has 0 amide bonds.